The van der Waals surface area contributed by atoms with E-state index in [1.807, 2.05) is 6.07 Å². The number of likely N-dealkylation sites (tertiary alicyclic amines) is 1. The van der Waals surface area contributed by atoms with E-state index in [1.54, 1.807) is 18.2 Å². The largest absolute Gasteiger partial charge is 0.484 e. The molecule has 2 aliphatic heterocycles. The lowest BCUT2D eigenvalue weighted by Crippen LogP contribution is -2.39. The minimum atomic E-state index is -0.972. The first-order valence-corrected chi connectivity index (χ1v) is 14.0. The molecule has 0 radical (unpaired) electrons. The summed E-state index contributed by atoms with van der Waals surface area (Å²) in [6.45, 7) is 3.88. The fourth-order valence-electron chi connectivity index (χ4n) is 5.30. The van der Waals surface area contributed by atoms with Crippen LogP contribution in [0.3, 0.4) is 0 Å². The van der Waals surface area contributed by atoms with Crippen molar-refractivity contribution in [3.8, 4) is 17.7 Å². The van der Waals surface area contributed by atoms with Gasteiger partial charge >= 0.3 is 5.97 Å². The lowest BCUT2D eigenvalue weighted by Gasteiger charge is -2.32. The molecule has 222 valence electrons. The van der Waals surface area contributed by atoms with Gasteiger partial charge in [-0.1, -0.05) is 0 Å². The van der Waals surface area contributed by atoms with Crippen LogP contribution in [-0.2, 0) is 24.4 Å². The van der Waals surface area contributed by atoms with Crippen molar-refractivity contribution >= 4 is 17.0 Å². The third-order valence-corrected chi connectivity index (χ3v) is 7.73. The van der Waals surface area contributed by atoms with Crippen LogP contribution in [0.2, 0.25) is 0 Å². The van der Waals surface area contributed by atoms with E-state index in [0.29, 0.717) is 32.2 Å². The van der Waals surface area contributed by atoms with Crippen LogP contribution in [0.4, 0.5) is 8.78 Å². The second-order valence-corrected chi connectivity index (χ2v) is 10.8. The number of carboxylic acids is 1. The number of ether oxygens (including phenoxy) is 3. The quantitative estimate of drug-likeness (QED) is 0.284. The minimum Gasteiger partial charge on any atom is -0.484 e. The van der Waals surface area contributed by atoms with Crippen molar-refractivity contribution < 1.29 is 32.9 Å². The molecule has 6 rings (SSSR count). The van der Waals surface area contributed by atoms with Crippen LogP contribution < -0.4 is 9.47 Å². The minimum absolute atomic E-state index is 0.0134. The van der Waals surface area contributed by atoms with Crippen LogP contribution in [0.5, 0.6) is 11.6 Å². The molecule has 2 aliphatic rings. The van der Waals surface area contributed by atoms with Gasteiger partial charge in [0.1, 0.15) is 30.0 Å². The monoisotopic (exact) mass is 589 g/mol. The Bertz CT molecular complexity index is 1690. The van der Waals surface area contributed by atoms with E-state index in [0.717, 1.165) is 48.9 Å². The summed E-state index contributed by atoms with van der Waals surface area (Å²) in [5, 5.41) is 18.4. The molecule has 2 saturated heterocycles. The van der Waals surface area contributed by atoms with Crippen LogP contribution in [-0.4, -0.2) is 62.9 Å². The zero-order valence-corrected chi connectivity index (χ0v) is 23.2. The molecule has 0 atom stereocenters. The molecular formula is C31H29F2N5O5. The summed E-state index contributed by atoms with van der Waals surface area (Å²) >= 11 is 0. The Morgan fingerprint density at radius 2 is 1.88 bits per heavy atom. The van der Waals surface area contributed by atoms with Gasteiger partial charge in [-0.3, -0.25) is 4.90 Å². The number of rotatable bonds is 10. The molecule has 10 nitrogen and oxygen atoms in total. The number of fused-ring (bicyclic) bond motifs is 1. The Morgan fingerprint density at radius 3 is 2.58 bits per heavy atom. The number of pyridine rings is 1. The maximum Gasteiger partial charge on any atom is 0.335 e. The smallest absolute Gasteiger partial charge is 0.335 e. The number of aromatic carboxylic acids is 1. The van der Waals surface area contributed by atoms with Crippen molar-refractivity contribution in [1.29, 1.82) is 5.26 Å². The molecule has 0 spiro atoms. The number of nitriles is 1. The number of nitrogens with zero attached hydrogens (tertiary/aromatic N) is 5. The van der Waals surface area contributed by atoms with E-state index in [-0.39, 0.29) is 41.2 Å². The van der Waals surface area contributed by atoms with Gasteiger partial charge in [-0.15, -0.1) is 0 Å². The van der Waals surface area contributed by atoms with Gasteiger partial charge in [0.15, 0.2) is 11.6 Å². The molecule has 12 heteroatoms. The Labute approximate surface area is 246 Å². The zero-order valence-electron chi connectivity index (χ0n) is 23.2. The third-order valence-electron chi connectivity index (χ3n) is 7.73. The number of carbonyl (C=O) groups is 1. The molecule has 0 saturated carbocycles. The van der Waals surface area contributed by atoms with Gasteiger partial charge in [0.2, 0.25) is 5.88 Å². The highest BCUT2D eigenvalue weighted by Crippen LogP contribution is 2.26. The summed E-state index contributed by atoms with van der Waals surface area (Å²) in [7, 11) is 0. The van der Waals surface area contributed by atoms with Crippen molar-refractivity contribution in [1.82, 2.24) is 19.4 Å². The summed E-state index contributed by atoms with van der Waals surface area (Å²) in [6.07, 6.45) is 1.32. The Kier molecular flexibility index (Phi) is 8.18. The molecule has 2 fully saturated rings. The molecule has 2 aromatic carbocycles. The van der Waals surface area contributed by atoms with Crippen LogP contribution in [0.25, 0.3) is 11.0 Å². The van der Waals surface area contributed by atoms with E-state index in [1.165, 1.54) is 24.3 Å². The first-order valence-electron chi connectivity index (χ1n) is 14.0. The Hall–Kier alpha value is -4.60. The predicted octanol–water partition coefficient (Wildman–Crippen LogP) is 4.55. The molecule has 1 N–H and O–H groups in total. The second kappa shape index (κ2) is 12.3. The van der Waals surface area contributed by atoms with Gasteiger partial charge in [-0.05, 0) is 55.3 Å². The average Bonchev–Trinajstić information content (AvgIpc) is 3.32. The lowest BCUT2D eigenvalue weighted by molar-refractivity contribution is -0.0394. The van der Waals surface area contributed by atoms with Crippen LogP contribution in [0, 0.1) is 28.9 Å². The summed E-state index contributed by atoms with van der Waals surface area (Å²) in [5.74, 6) is -0.869. The van der Waals surface area contributed by atoms with E-state index < -0.39 is 17.6 Å². The fraction of sp³-hybridized carbons (Fsp3) is 0.355. The Balaban J connectivity index is 1.07. The number of carboxylic acid groups (broad SMARTS) is 1. The fourth-order valence-corrected chi connectivity index (χ4v) is 5.30. The zero-order chi connectivity index (χ0) is 29.9. The molecule has 2 aromatic heterocycles. The first-order chi connectivity index (χ1) is 20.9. The second-order valence-electron chi connectivity index (χ2n) is 10.8. The van der Waals surface area contributed by atoms with Crippen molar-refractivity contribution in [3.05, 3.63) is 82.8 Å². The van der Waals surface area contributed by atoms with Gasteiger partial charge in [0, 0.05) is 31.6 Å². The molecule has 0 unspecified atom stereocenters. The van der Waals surface area contributed by atoms with E-state index in [9.17, 15) is 18.7 Å². The molecular weight excluding hydrogens is 560 g/mol. The molecule has 4 aromatic rings. The van der Waals surface area contributed by atoms with Crippen molar-refractivity contribution in [2.45, 2.75) is 38.6 Å². The van der Waals surface area contributed by atoms with E-state index in [2.05, 4.69) is 14.5 Å². The SMILES string of the molecule is N#Cc1ccc(OCc2nc(OC3CCN(Cc4nc5ccc(C(=O)O)cc5n4CC4COC4)CC3)ccc2F)c(F)c1. The average molecular weight is 590 g/mol. The van der Waals surface area contributed by atoms with Crippen LogP contribution >= 0.6 is 0 Å². The first kappa shape index (κ1) is 28.5. The molecule has 0 amide bonds. The summed E-state index contributed by atoms with van der Waals surface area (Å²) < 4.78 is 47.5. The maximum absolute atomic E-state index is 14.4. The van der Waals surface area contributed by atoms with Crippen LogP contribution in [0.15, 0.2) is 48.5 Å². The van der Waals surface area contributed by atoms with Crippen molar-refractivity contribution in [3.63, 3.8) is 0 Å². The topological polar surface area (TPSA) is 123 Å². The number of halogens is 2. The third kappa shape index (κ3) is 6.43. The standard InChI is InChI=1S/C31H29F2N5O5/c32-23-3-6-30(36-26(23)18-42-28-5-1-19(13-34)11-24(28)33)43-22-7-9-37(10-8-22)15-29-35-25-4-2-21(31(39)40)12-27(25)38(29)14-20-16-41-17-20/h1-6,11-12,20,22H,7-10,14-18H2,(H,39,40). The number of hydrogen-bond acceptors (Lipinski definition) is 8. The summed E-state index contributed by atoms with van der Waals surface area (Å²) in [6, 6.07) is 13.4. The maximum atomic E-state index is 14.4. The highest BCUT2D eigenvalue weighted by Gasteiger charge is 2.26. The molecule has 0 bridgehead atoms. The molecule has 0 aliphatic carbocycles. The highest BCUT2D eigenvalue weighted by atomic mass is 19.1. The number of aromatic nitrogens is 3. The highest BCUT2D eigenvalue weighted by molar-refractivity contribution is 5.92. The summed E-state index contributed by atoms with van der Waals surface area (Å²) in [4.78, 5) is 22.9. The van der Waals surface area contributed by atoms with Crippen LogP contribution in [0.1, 0.15) is 40.3 Å². The Morgan fingerprint density at radius 1 is 1.07 bits per heavy atom. The van der Waals surface area contributed by atoms with E-state index in [4.69, 9.17) is 24.5 Å². The predicted molar refractivity (Wildman–Crippen MR) is 150 cm³/mol. The number of piperidine rings is 1. The number of benzene rings is 2. The van der Waals surface area contributed by atoms with Gasteiger partial charge in [-0.2, -0.15) is 5.26 Å². The van der Waals surface area contributed by atoms with Gasteiger partial charge in [0.05, 0.1) is 48.0 Å². The van der Waals surface area contributed by atoms with Gasteiger partial charge < -0.3 is 23.9 Å². The van der Waals surface area contributed by atoms with E-state index >= 15 is 0 Å². The van der Waals surface area contributed by atoms with Gasteiger partial charge in [0.25, 0.3) is 0 Å². The number of hydrogen-bond donors (Lipinski definition) is 1. The van der Waals surface area contributed by atoms with Crippen molar-refractivity contribution in [2.24, 2.45) is 5.92 Å². The molecule has 43 heavy (non-hydrogen) atoms. The molecule has 4 heterocycles. The normalized spacial score (nSPS) is 16.1. The van der Waals surface area contributed by atoms with Crippen molar-refractivity contribution in [2.75, 3.05) is 26.3 Å². The summed E-state index contributed by atoms with van der Waals surface area (Å²) in [5.41, 5.74) is 1.95. The number of imidazole rings is 1. The lowest BCUT2D eigenvalue weighted by atomic mass is 10.1. The van der Waals surface area contributed by atoms with Gasteiger partial charge in [-0.25, -0.2) is 23.5 Å².